The molecule has 1 rings (SSSR count). The van der Waals surface area contributed by atoms with Crippen molar-refractivity contribution in [2.24, 2.45) is 5.10 Å². The Hall–Kier alpha value is -1.66. The van der Waals surface area contributed by atoms with E-state index in [1.54, 1.807) is 32.2 Å². The van der Waals surface area contributed by atoms with Gasteiger partial charge in [0, 0.05) is 19.2 Å². The lowest BCUT2D eigenvalue weighted by atomic mass is 10.1. The molecule has 0 atom stereocenters. The van der Waals surface area contributed by atoms with Crippen molar-refractivity contribution in [1.29, 1.82) is 0 Å². The van der Waals surface area contributed by atoms with Crippen LogP contribution in [0.4, 0.5) is 0 Å². The summed E-state index contributed by atoms with van der Waals surface area (Å²) in [4.78, 5) is 0. The van der Waals surface area contributed by atoms with Crippen LogP contribution in [0, 0.1) is 0 Å². The zero-order chi connectivity index (χ0) is 13.4. The molecule has 0 unspecified atom stereocenters. The Labute approximate surface area is 112 Å². The molecule has 0 radical (unpaired) electrons. The van der Waals surface area contributed by atoms with Crippen molar-refractivity contribution in [3.63, 3.8) is 0 Å². The molecule has 0 bridgehead atoms. The zero-order valence-electron chi connectivity index (χ0n) is 10.4. The van der Waals surface area contributed by atoms with Crippen LogP contribution in [-0.4, -0.2) is 36.2 Å². The van der Waals surface area contributed by atoms with Gasteiger partial charge in [0.25, 0.3) is 0 Å². The fourth-order valence-electron chi connectivity index (χ4n) is 1.28. The van der Waals surface area contributed by atoms with Crippen LogP contribution >= 0.6 is 12.2 Å². The topological polar surface area (TPSA) is 65.9 Å². The van der Waals surface area contributed by atoms with Crippen LogP contribution in [0.5, 0.6) is 5.75 Å². The second-order valence-electron chi connectivity index (χ2n) is 3.57. The van der Waals surface area contributed by atoms with Gasteiger partial charge in [0.1, 0.15) is 5.75 Å². The van der Waals surface area contributed by atoms with E-state index in [4.69, 9.17) is 17.0 Å². The number of methoxy groups -OCH3 is 1. The van der Waals surface area contributed by atoms with Crippen molar-refractivity contribution < 1.29 is 9.84 Å². The molecule has 0 saturated carbocycles. The zero-order valence-corrected chi connectivity index (χ0v) is 11.3. The average molecular weight is 267 g/mol. The third kappa shape index (κ3) is 4.68. The second-order valence-corrected chi connectivity index (χ2v) is 3.98. The van der Waals surface area contributed by atoms with Crippen molar-refractivity contribution in [2.75, 3.05) is 20.3 Å². The van der Waals surface area contributed by atoms with Gasteiger partial charge in [-0.05, 0) is 31.3 Å². The first kappa shape index (κ1) is 14.4. The highest BCUT2D eigenvalue weighted by molar-refractivity contribution is 7.80. The lowest BCUT2D eigenvalue weighted by molar-refractivity contribution is 0.204. The quantitative estimate of drug-likeness (QED) is 0.324. The highest BCUT2D eigenvalue weighted by Crippen LogP contribution is 2.15. The van der Waals surface area contributed by atoms with Gasteiger partial charge in [-0.2, -0.15) is 5.10 Å². The number of nitrogens with zero attached hydrogens (tertiary/aromatic N) is 1. The van der Waals surface area contributed by atoms with E-state index >= 15 is 0 Å². The molecule has 1 aromatic carbocycles. The predicted octanol–water partition coefficient (Wildman–Crippen LogP) is 1.23. The molecule has 6 heteroatoms. The number of thiocarbonyl (C=S) groups is 1. The van der Waals surface area contributed by atoms with E-state index in [2.05, 4.69) is 15.8 Å². The number of nitrogens with one attached hydrogen (secondary N) is 2. The average Bonchev–Trinajstić information content (AvgIpc) is 2.37. The van der Waals surface area contributed by atoms with Crippen LogP contribution in [-0.2, 0) is 4.74 Å². The van der Waals surface area contributed by atoms with Gasteiger partial charge < -0.3 is 15.2 Å². The maximum Gasteiger partial charge on any atom is 0.187 e. The Morgan fingerprint density at radius 1 is 1.44 bits per heavy atom. The Morgan fingerprint density at radius 3 is 2.83 bits per heavy atom. The molecule has 0 aliphatic heterocycles. The molecule has 0 spiro atoms. The maximum absolute atomic E-state index is 9.65. The molecule has 1 aromatic rings. The Morgan fingerprint density at radius 2 is 2.17 bits per heavy atom. The van der Waals surface area contributed by atoms with Crippen LogP contribution in [0.2, 0.25) is 0 Å². The summed E-state index contributed by atoms with van der Waals surface area (Å²) in [7, 11) is 1.62. The van der Waals surface area contributed by atoms with Gasteiger partial charge in [0.05, 0.1) is 12.3 Å². The van der Waals surface area contributed by atoms with E-state index in [-0.39, 0.29) is 5.75 Å². The third-order valence-corrected chi connectivity index (χ3v) is 2.45. The molecular formula is C12H17N3O2S. The molecule has 0 amide bonds. The van der Waals surface area contributed by atoms with E-state index in [1.165, 1.54) is 0 Å². The predicted molar refractivity (Wildman–Crippen MR) is 75.9 cm³/mol. The van der Waals surface area contributed by atoms with Gasteiger partial charge in [0.15, 0.2) is 5.11 Å². The molecule has 5 nitrogen and oxygen atoms in total. The molecule has 18 heavy (non-hydrogen) atoms. The summed E-state index contributed by atoms with van der Waals surface area (Å²) in [6.45, 7) is 2.98. The van der Waals surface area contributed by atoms with Crippen LogP contribution in [0.1, 0.15) is 12.5 Å². The number of ether oxygens (including phenoxy) is 1. The number of rotatable bonds is 5. The number of benzene rings is 1. The van der Waals surface area contributed by atoms with Gasteiger partial charge in [-0.3, -0.25) is 5.43 Å². The number of hydrazone groups is 1. The van der Waals surface area contributed by atoms with Crippen molar-refractivity contribution in [1.82, 2.24) is 10.7 Å². The third-order valence-electron chi connectivity index (χ3n) is 2.21. The minimum Gasteiger partial charge on any atom is -0.507 e. The highest BCUT2D eigenvalue weighted by Gasteiger charge is 2.03. The fraction of sp³-hybridized carbons (Fsp3) is 0.333. The molecule has 0 aliphatic carbocycles. The molecule has 98 valence electrons. The van der Waals surface area contributed by atoms with Gasteiger partial charge in [-0.15, -0.1) is 0 Å². The molecule has 0 fully saturated rings. The van der Waals surface area contributed by atoms with Crippen molar-refractivity contribution in [2.45, 2.75) is 6.92 Å². The first-order chi connectivity index (χ1) is 8.65. The molecule has 0 aromatic heterocycles. The number of phenolic OH excluding ortho intramolecular Hbond substituents is 1. The first-order valence-electron chi connectivity index (χ1n) is 5.50. The van der Waals surface area contributed by atoms with Crippen LogP contribution < -0.4 is 10.7 Å². The summed E-state index contributed by atoms with van der Waals surface area (Å²) in [6.07, 6.45) is 0. The van der Waals surface area contributed by atoms with Crippen LogP contribution in [0.15, 0.2) is 29.4 Å². The van der Waals surface area contributed by atoms with Crippen LogP contribution in [0.3, 0.4) is 0 Å². The number of aromatic hydroxyl groups is 1. The summed E-state index contributed by atoms with van der Waals surface area (Å²) >= 11 is 5.02. The SMILES string of the molecule is COCCNC(=S)NN=C(C)c1ccccc1O. The number of hydrogen-bond donors (Lipinski definition) is 3. The van der Waals surface area contributed by atoms with Crippen molar-refractivity contribution in [3.8, 4) is 5.75 Å². The van der Waals surface area contributed by atoms with Gasteiger partial charge in [-0.25, -0.2) is 0 Å². The Kier molecular flexibility index (Phi) is 6.10. The Balaban J connectivity index is 2.52. The Bertz CT molecular complexity index is 435. The second kappa shape index (κ2) is 7.62. The summed E-state index contributed by atoms with van der Waals surface area (Å²) in [6, 6.07) is 7.00. The smallest absolute Gasteiger partial charge is 0.187 e. The normalized spacial score (nSPS) is 11.1. The first-order valence-corrected chi connectivity index (χ1v) is 5.91. The van der Waals surface area contributed by atoms with E-state index in [0.717, 1.165) is 0 Å². The molecule has 0 heterocycles. The summed E-state index contributed by atoms with van der Waals surface area (Å²) in [5, 5.41) is 17.1. The van der Waals surface area contributed by atoms with E-state index in [1.807, 2.05) is 6.07 Å². The fourth-order valence-corrected chi connectivity index (χ4v) is 1.43. The molecule has 3 N–H and O–H groups in total. The molecular weight excluding hydrogens is 250 g/mol. The summed E-state index contributed by atoms with van der Waals surface area (Å²) < 4.78 is 4.88. The van der Waals surface area contributed by atoms with E-state index in [0.29, 0.717) is 29.5 Å². The van der Waals surface area contributed by atoms with Crippen LogP contribution in [0.25, 0.3) is 0 Å². The minimum absolute atomic E-state index is 0.193. The number of phenols is 1. The lowest BCUT2D eigenvalue weighted by Gasteiger charge is -2.08. The largest absolute Gasteiger partial charge is 0.507 e. The van der Waals surface area contributed by atoms with E-state index in [9.17, 15) is 5.11 Å². The highest BCUT2D eigenvalue weighted by atomic mass is 32.1. The number of para-hydroxylation sites is 1. The van der Waals surface area contributed by atoms with E-state index < -0.39 is 0 Å². The van der Waals surface area contributed by atoms with Gasteiger partial charge in [0.2, 0.25) is 0 Å². The van der Waals surface area contributed by atoms with Crippen molar-refractivity contribution >= 4 is 23.0 Å². The monoisotopic (exact) mass is 267 g/mol. The molecule has 0 saturated heterocycles. The van der Waals surface area contributed by atoms with Crippen molar-refractivity contribution in [3.05, 3.63) is 29.8 Å². The lowest BCUT2D eigenvalue weighted by Crippen LogP contribution is -2.34. The minimum atomic E-state index is 0.193. The summed E-state index contributed by atoms with van der Waals surface area (Å²) in [5.74, 6) is 0.193. The van der Waals surface area contributed by atoms with Gasteiger partial charge in [-0.1, -0.05) is 12.1 Å². The number of hydrogen-bond acceptors (Lipinski definition) is 4. The standard InChI is InChI=1S/C12H17N3O2S/c1-9(10-5-3-4-6-11(10)16)14-15-12(18)13-7-8-17-2/h3-6,16H,7-8H2,1-2H3,(H2,13,15,18). The maximum atomic E-state index is 9.65. The molecule has 0 aliphatic rings. The summed E-state index contributed by atoms with van der Waals surface area (Å²) in [5.41, 5.74) is 4.04. The van der Waals surface area contributed by atoms with Gasteiger partial charge >= 0.3 is 0 Å².